The highest BCUT2D eigenvalue weighted by Gasteiger charge is 2.16. The molecule has 1 aromatic heterocycles. The molecular weight excluding hydrogens is 589 g/mol. The Hall–Kier alpha value is -5.77. The molecule has 8 aromatic carbocycles. The van der Waals surface area contributed by atoms with E-state index in [2.05, 4.69) is 163 Å². The number of nitrogens with zero attached hydrogens (tertiary/aromatic N) is 1. The summed E-state index contributed by atoms with van der Waals surface area (Å²) in [6.07, 6.45) is 0. The fourth-order valence-corrected chi connectivity index (χ4v) is 7.94. The van der Waals surface area contributed by atoms with Gasteiger partial charge in [-0.2, -0.15) is 0 Å². The predicted octanol–water partition coefficient (Wildman–Crippen LogP) is 12.2. The van der Waals surface area contributed by atoms with Gasteiger partial charge in [0.1, 0.15) is 5.84 Å². The minimum absolute atomic E-state index is 0.559. The Balaban J connectivity index is 1.13. The van der Waals surface area contributed by atoms with Crippen LogP contribution in [0.1, 0.15) is 11.1 Å². The molecule has 0 spiro atoms. The van der Waals surface area contributed by atoms with E-state index in [1.807, 2.05) is 17.4 Å². The molecule has 0 fully saturated rings. The third-order valence-electron chi connectivity index (χ3n) is 9.13. The molecule has 0 aliphatic heterocycles. The van der Waals surface area contributed by atoms with E-state index in [0.717, 1.165) is 17.1 Å². The van der Waals surface area contributed by atoms with Gasteiger partial charge in [0.25, 0.3) is 0 Å². The zero-order valence-electron chi connectivity index (χ0n) is 25.7. The van der Waals surface area contributed by atoms with Crippen LogP contribution in [0.3, 0.4) is 0 Å². The number of thiophene rings is 1. The van der Waals surface area contributed by atoms with Gasteiger partial charge in [-0.3, -0.25) is 4.99 Å². The second kappa shape index (κ2) is 11.5. The number of rotatable bonds is 5. The van der Waals surface area contributed by atoms with Gasteiger partial charge in [-0.25, -0.2) is 0 Å². The summed E-state index contributed by atoms with van der Waals surface area (Å²) in [6.45, 7) is 0.559. The van der Waals surface area contributed by atoms with Crippen LogP contribution in [0.25, 0.3) is 63.6 Å². The summed E-state index contributed by atoms with van der Waals surface area (Å²) in [6, 6.07) is 58.8. The van der Waals surface area contributed by atoms with Crippen LogP contribution < -0.4 is 5.32 Å². The van der Waals surface area contributed by atoms with Crippen molar-refractivity contribution in [3.05, 3.63) is 175 Å². The lowest BCUT2D eigenvalue weighted by Gasteiger charge is -2.17. The van der Waals surface area contributed by atoms with Gasteiger partial charge in [0.15, 0.2) is 0 Å². The van der Waals surface area contributed by atoms with Crippen molar-refractivity contribution in [1.82, 2.24) is 0 Å². The number of amidine groups is 1. The summed E-state index contributed by atoms with van der Waals surface area (Å²) in [5.74, 6) is 0.868. The standard InChI is InChI=1S/C44H30N2S/c1-2-12-34(13-3-1)46-44(43-36-15-7-5-11-33(36)26-40-35-14-6-4-10-31(35)22-25-39(40)43)45-28-29-18-20-30(21-19-29)32-23-24-38-37-16-8-9-17-41(37)47-42(38)27-32/h1-27H,28H2,(H,45,46). The highest BCUT2D eigenvalue weighted by atomic mass is 32.1. The predicted molar refractivity (Wildman–Crippen MR) is 204 cm³/mol. The highest BCUT2D eigenvalue weighted by molar-refractivity contribution is 7.25. The summed E-state index contributed by atoms with van der Waals surface area (Å²) in [5, 5.41) is 13.7. The number of anilines is 1. The molecule has 1 heterocycles. The first kappa shape index (κ1) is 27.5. The number of hydrogen-bond acceptors (Lipinski definition) is 2. The van der Waals surface area contributed by atoms with Crippen molar-refractivity contribution in [2.75, 3.05) is 5.32 Å². The Morgan fingerprint density at radius 2 is 1.13 bits per heavy atom. The molecule has 0 aliphatic carbocycles. The molecule has 47 heavy (non-hydrogen) atoms. The molecular formula is C44H30N2S. The normalized spacial score (nSPS) is 12.0. The number of para-hydroxylation sites is 1. The van der Waals surface area contributed by atoms with Crippen molar-refractivity contribution in [2.45, 2.75) is 6.54 Å². The molecule has 0 saturated heterocycles. The summed E-state index contributed by atoms with van der Waals surface area (Å²) in [5.41, 5.74) is 5.76. The fourth-order valence-electron chi connectivity index (χ4n) is 6.79. The van der Waals surface area contributed by atoms with E-state index >= 15 is 0 Å². The van der Waals surface area contributed by atoms with Crippen molar-refractivity contribution in [3.8, 4) is 11.1 Å². The van der Waals surface area contributed by atoms with Crippen molar-refractivity contribution in [1.29, 1.82) is 0 Å². The van der Waals surface area contributed by atoms with E-state index in [9.17, 15) is 0 Å². The SMILES string of the molecule is c1ccc(NC(=NCc2ccc(-c3ccc4c(c3)sc3ccccc34)cc2)c2c3ccccc3cc3c2ccc2ccccc23)cc1. The minimum Gasteiger partial charge on any atom is -0.340 e. The Morgan fingerprint density at radius 3 is 1.98 bits per heavy atom. The maximum absolute atomic E-state index is 5.31. The molecule has 0 unspecified atom stereocenters. The summed E-state index contributed by atoms with van der Waals surface area (Å²) in [7, 11) is 0. The number of fused-ring (bicyclic) bond motifs is 7. The van der Waals surface area contributed by atoms with Crippen LogP contribution in [0.15, 0.2) is 169 Å². The maximum Gasteiger partial charge on any atom is 0.134 e. The topological polar surface area (TPSA) is 24.4 Å². The van der Waals surface area contributed by atoms with Crippen LogP contribution in [0, 0.1) is 0 Å². The average Bonchev–Trinajstić information content (AvgIpc) is 3.51. The first-order valence-electron chi connectivity index (χ1n) is 16.0. The summed E-state index contributed by atoms with van der Waals surface area (Å²) < 4.78 is 2.66. The van der Waals surface area contributed by atoms with Gasteiger partial charge in [0.2, 0.25) is 0 Å². The Labute approximate surface area is 277 Å². The largest absolute Gasteiger partial charge is 0.340 e. The van der Waals surface area contributed by atoms with Crippen molar-refractivity contribution in [2.24, 2.45) is 4.99 Å². The smallest absolute Gasteiger partial charge is 0.134 e. The van der Waals surface area contributed by atoms with E-state index < -0.39 is 0 Å². The summed E-state index contributed by atoms with van der Waals surface area (Å²) in [4.78, 5) is 5.31. The lowest BCUT2D eigenvalue weighted by Crippen LogP contribution is -2.15. The fraction of sp³-hybridized carbons (Fsp3) is 0.0227. The van der Waals surface area contributed by atoms with E-state index in [0.29, 0.717) is 6.54 Å². The Bertz CT molecular complexity index is 2610. The molecule has 9 rings (SSSR count). The van der Waals surface area contributed by atoms with E-state index in [1.165, 1.54) is 69.2 Å². The van der Waals surface area contributed by atoms with Crippen molar-refractivity contribution >= 4 is 75.3 Å². The van der Waals surface area contributed by atoms with Gasteiger partial charge >= 0.3 is 0 Å². The van der Waals surface area contributed by atoms with Gasteiger partial charge in [-0.05, 0) is 79.3 Å². The number of aliphatic imine (C=N–C) groups is 1. The first-order chi connectivity index (χ1) is 23.3. The Kier molecular flexibility index (Phi) is 6.76. The highest BCUT2D eigenvalue weighted by Crippen LogP contribution is 2.37. The molecule has 1 N–H and O–H groups in total. The van der Waals surface area contributed by atoms with Gasteiger partial charge in [-0.1, -0.05) is 133 Å². The molecule has 0 aliphatic rings. The Morgan fingerprint density at radius 1 is 0.468 bits per heavy atom. The van der Waals surface area contributed by atoms with Gasteiger partial charge in [-0.15, -0.1) is 11.3 Å². The first-order valence-corrected chi connectivity index (χ1v) is 16.8. The van der Waals surface area contributed by atoms with Crippen LogP contribution in [-0.2, 0) is 6.54 Å². The van der Waals surface area contributed by atoms with Crippen LogP contribution in [0.2, 0.25) is 0 Å². The van der Waals surface area contributed by atoms with Crippen LogP contribution in [-0.4, -0.2) is 5.84 Å². The molecule has 222 valence electrons. The second-order valence-electron chi connectivity index (χ2n) is 12.0. The molecule has 3 heteroatoms. The molecule has 0 bridgehead atoms. The van der Waals surface area contributed by atoms with Gasteiger partial charge in [0.05, 0.1) is 6.54 Å². The number of hydrogen-bond donors (Lipinski definition) is 1. The third kappa shape index (κ3) is 5.02. The number of nitrogens with one attached hydrogen (secondary N) is 1. The zero-order chi connectivity index (χ0) is 31.2. The van der Waals surface area contributed by atoms with E-state index in [-0.39, 0.29) is 0 Å². The summed E-state index contributed by atoms with van der Waals surface area (Å²) >= 11 is 1.86. The monoisotopic (exact) mass is 618 g/mol. The van der Waals surface area contributed by atoms with Crippen LogP contribution in [0.4, 0.5) is 5.69 Å². The van der Waals surface area contributed by atoms with Crippen LogP contribution in [0.5, 0.6) is 0 Å². The minimum atomic E-state index is 0.559. The molecule has 9 aromatic rings. The molecule has 0 atom stereocenters. The molecule has 2 nitrogen and oxygen atoms in total. The van der Waals surface area contributed by atoms with Crippen molar-refractivity contribution < 1.29 is 0 Å². The molecule has 0 saturated carbocycles. The van der Waals surface area contributed by atoms with E-state index in [4.69, 9.17) is 4.99 Å². The van der Waals surface area contributed by atoms with Gasteiger partial charge < -0.3 is 5.32 Å². The lowest BCUT2D eigenvalue weighted by atomic mass is 9.92. The van der Waals surface area contributed by atoms with Gasteiger partial charge in [0, 0.05) is 31.4 Å². The molecule has 0 radical (unpaired) electrons. The second-order valence-corrected chi connectivity index (χ2v) is 13.1. The van der Waals surface area contributed by atoms with Crippen LogP contribution >= 0.6 is 11.3 Å². The third-order valence-corrected chi connectivity index (χ3v) is 10.3. The lowest BCUT2D eigenvalue weighted by molar-refractivity contribution is 1.07. The zero-order valence-corrected chi connectivity index (χ0v) is 26.5. The quantitative estimate of drug-likeness (QED) is 0.0882. The van der Waals surface area contributed by atoms with Crippen molar-refractivity contribution in [3.63, 3.8) is 0 Å². The number of benzene rings is 8. The average molecular weight is 619 g/mol. The molecule has 0 amide bonds. The maximum atomic E-state index is 5.31. The van der Waals surface area contributed by atoms with E-state index in [1.54, 1.807) is 0 Å².